The number of hydrogen-bond acceptors (Lipinski definition) is 0. The first-order valence-corrected chi connectivity index (χ1v) is 7.99. The van der Waals surface area contributed by atoms with Gasteiger partial charge in [0, 0.05) is 0 Å². The molecule has 17 heavy (non-hydrogen) atoms. The van der Waals surface area contributed by atoms with E-state index in [4.69, 9.17) is 0 Å². The van der Waals surface area contributed by atoms with Gasteiger partial charge < -0.3 is 0 Å². The van der Waals surface area contributed by atoms with Gasteiger partial charge in [-0.15, -0.1) is 0 Å². The lowest BCUT2D eigenvalue weighted by Gasteiger charge is -2.45. The lowest BCUT2D eigenvalue weighted by Crippen LogP contribution is -2.36. The smallest absolute Gasteiger partial charge is 0.0360 e. The summed E-state index contributed by atoms with van der Waals surface area (Å²) in [5, 5.41) is 0. The van der Waals surface area contributed by atoms with Crippen LogP contribution in [-0.4, -0.2) is 0 Å². The molecule has 0 aromatic carbocycles. The molecule has 2 rings (SSSR count). The van der Waals surface area contributed by atoms with Crippen molar-refractivity contribution < 1.29 is 0 Å². The van der Waals surface area contributed by atoms with Gasteiger partial charge in [0.05, 0.1) is 0 Å². The molecule has 0 heterocycles. The fraction of sp³-hybridized carbons (Fsp3) is 1.00. The van der Waals surface area contributed by atoms with Crippen LogP contribution < -0.4 is 0 Å². The van der Waals surface area contributed by atoms with Crippen molar-refractivity contribution in [3.05, 3.63) is 0 Å². The maximum atomic E-state index is 2.52. The van der Waals surface area contributed by atoms with Crippen LogP contribution in [-0.2, 0) is 0 Å². The first kappa shape index (κ1) is 13.4. The van der Waals surface area contributed by atoms with Gasteiger partial charge in [-0.3, -0.25) is 0 Å². The van der Waals surface area contributed by atoms with Crippen LogP contribution in [0.5, 0.6) is 0 Å². The van der Waals surface area contributed by atoms with Gasteiger partial charge in [-0.2, -0.15) is 0 Å². The summed E-state index contributed by atoms with van der Waals surface area (Å²) in [5.41, 5.74) is 0. The molecule has 0 saturated heterocycles. The summed E-state index contributed by atoms with van der Waals surface area (Å²) in [6, 6.07) is 0. The Bertz CT molecular complexity index is 232. The summed E-state index contributed by atoms with van der Waals surface area (Å²) in [7, 11) is 0. The summed E-state index contributed by atoms with van der Waals surface area (Å²) >= 11 is 0. The zero-order chi connectivity index (χ0) is 12.6. The summed E-state index contributed by atoms with van der Waals surface area (Å²) in [6.45, 7) is 12.4. The van der Waals surface area contributed by atoms with E-state index in [-0.39, 0.29) is 0 Å². The van der Waals surface area contributed by atoms with Gasteiger partial charge >= 0.3 is 0 Å². The van der Waals surface area contributed by atoms with E-state index in [9.17, 15) is 0 Å². The third-order valence-electron chi connectivity index (χ3n) is 6.25. The second-order valence-corrected chi connectivity index (χ2v) is 7.60. The molecule has 0 bridgehead atoms. The second-order valence-electron chi connectivity index (χ2n) is 7.60. The van der Waals surface area contributed by atoms with Crippen LogP contribution >= 0.6 is 0 Å². The Morgan fingerprint density at radius 1 is 0.647 bits per heavy atom. The fourth-order valence-corrected chi connectivity index (χ4v) is 4.78. The van der Waals surface area contributed by atoms with Gasteiger partial charge in [-0.05, 0) is 67.1 Å². The molecule has 100 valence electrons. The van der Waals surface area contributed by atoms with Crippen LogP contribution in [0.4, 0.5) is 0 Å². The predicted molar refractivity (Wildman–Crippen MR) is 75.9 cm³/mol. The first-order valence-electron chi connectivity index (χ1n) is 7.99. The van der Waals surface area contributed by atoms with Crippen LogP contribution in [0.15, 0.2) is 0 Å². The molecule has 0 nitrogen and oxygen atoms in total. The molecule has 2 saturated carbocycles. The molecular weight excluding hydrogens is 204 g/mol. The Kier molecular flexibility index (Phi) is 4.21. The van der Waals surface area contributed by atoms with Crippen molar-refractivity contribution in [2.75, 3.05) is 0 Å². The van der Waals surface area contributed by atoms with E-state index in [0.29, 0.717) is 0 Å². The molecular formula is C17H32. The topological polar surface area (TPSA) is 0 Å². The SMILES string of the molecule is CC1CCC(C2CC(C)C(C)C(C)C2)C(C)C1. The second kappa shape index (κ2) is 5.33. The van der Waals surface area contributed by atoms with Gasteiger partial charge in [0.2, 0.25) is 0 Å². The molecule has 0 radical (unpaired) electrons. The van der Waals surface area contributed by atoms with Gasteiger partial charge in [0.15, 0.2) is 0 Å². The minimum Gasteiger partial charge on any atom is -0.0625 e. The minimum atomic E-state index is 0.948. The molecule has 5 atom stereocenters. The van der Waals surface area contributed by atoms with E-state index in [1.54, 1.807) is 0 Å². The standard InChI is InChI=1S/C17H32/c1-11-6-7-17(14(4)8-11)16-9-12(2)15(5)13(3)10-16/h11-17H,6-10H2,1-5H3. The molecule has 0 aromatic rings. The Hall–Kier alpha value is 0. The summed E-state index contributed by atoms with van der Waals surface area (Å²) in [5.74, 6) is 6.91. The highest BCUT2D eigenvalue weighted by Crippen LogP contribution is 2.47. The Labute approximate surface area is 109 Å². The van der Waals surface area contributed by atoms with E-state index in [1.807, 2.05) is 0 Å². The third-order valence-corrected chi connectivity index (χ3v) is 6.25. The van der Waals surface area contributed by atoms with E-state index in [1.165, 1.54) is 32.1 Å². The molecule has 2 aliphatic carbocycles. The molecule has 0 aromatic heterocycles. The summed E-state index contributed by atoms with van der Waals surface area (Å²) in [4.78, 5) is 0. The molecule has 5 unspecified atom stereocenters. The monoisotopic (exact) mass is 236 g/mol. The zero-order valence-corrected chi connectivity index (χ0v) is 12.6. The highest BCUT2D eigenvalue weighted by atomic mass is 14.4. The number of rotatable bonds is 1. The molecule has 0 aliphatic heterocycles. The fourth-order valence-electron chi connectivity index (χ4n) is 4.78. The van der Waals surface area contributed by atoms with Crippen LogP contribution in [0.1, 0.15) is 66.7 Å². The van der Waals surface area contributed by atoms with Crippen molar-refractivity contribution in [2.24, 2.45) is 41.4 Å². The maximum absolute atomic E-state index is 2.52. The average Bonchev–Trinajstić information content (AvgIpc) is 2.25. The van der Waals surface area contributed by atoms with E-state index in [2.05, 4.69) is 34.6 Å². The highest BCUT2D eigenvalue weighted by Gasteiger charge is 2.37. The van der Waals surface area contributed by atoms with Crippen LogP contribution in [0, 0.1) is 41.4 Å². The Morgan fingerprint density at radius 3 is 1.76 bits per heavy atom. The Morgan fingerprint density at radius 2 is 1.24 bits per heavy atom. The summed E-state index contributed by atoms with van der Waals surface area (Å²) in [6.07, 6.45) is 7.51. The predicted octanol–water partition coefficient (Wildman–Crippen LogP) is 5.38. The van der Waals surface area contributed by atoms with Crippen LogP contribution in [0.25, 0.3) is 0 Å². The van der Waals surface area contributed by atoms with Crippen molar-refractivity contribution in [3.8, 4) is 0 Å². The zero-order valence-electron chi connectivity index (χ0n) is 12.6. The van der Waals surface area contributed by atoms with E-state index in [0.717, 1.165) is 41.4 Å². The number of hydrogen-bond donors (Lipinski definition) is 0. The van der Waals surface area contributed by atoms with Crippen molar-refractivity contribution >= 4 is 0 Å². The van der Waals surface area contributed by atoms with Crippen molar-refractivity contribution in [1.29, 1.82) is 0 Å². The Balaban J connectivity index is 1.98. The molecule has 2 aliphatic rings. The molecule has 0 amide bonds. The highest BCUT2D eigenvalue weighted by molar-refractivity contribution is 4.87. The normalized spacial score (nSPS) is 52.4. The van der Waals surface area contributed by atoms with Gasteiger partial charge in [0.25, 0.3) is 0 Å². The molecule has 0 spiro atoms. The molecule has 0 heteroatoms. The first-order chi connectivity index (χ1) is 7.99. The van der Waals surface area contributed by atoms with Crippen molar-refractivity contribution in [2.45, 2.75) is 66.7 Å². The van der Waals surface area contributed by atoms with Gasteiger partial charge in [-0.25, -0.2) is 0 Å². The lowest BCUT2D eigenvalue weighted by molar-refractivity contribution is 0.0525. The minimum absolute atomic E-state index is 0.948. The van der Waals surface area contributed by atoms with E-state index >= 15 is 0 Å². The van der Waals surface area contributed by atoms with Gasteiger partial charge in [0.1, 0.15) is 0 Å². The average molecular weight is 236 g/mol. The van der Waals surface area contributed by atoms with Gasteiger partial charge in [-0.1, -0.05) is 41.0 Å². The molecule has 0 N–H and O–H groups in total. The lowest BCUT2D eigenvalue weighted by atomic mass is 9.61. The summed E-state index contributed by atoms with van der Waals surface area (Å²) < 4.78 is 0. The van der Waals surface area contributed by atoms with Crippen molar-refractivity contribution in [3.63, 3.8) is 0 Å². The van der Waals surface area contributed by atoms with Crippen molar-refractivity contribution in [1.82, 2.24) is 0 Å². The third kappa shape index (κ3) is 2.88. The van der Waals surface area contributed by atoms with Crippen LogP contribution in [0.3, 0.4) is 0 Å². The van der Waals surface area contributed by atoms with E-state index < -0.39 is 0 Å². The van der Waals surface area contributed by atoms with Crippen LogP contribution in [0.2, 0.25) is 0 Å². The maximum Gasteiger partial charge on any atom is -0.0360 e. The molecule has 2 fully saturated rings. The largest absolute Gasteiger partial charge is 0.0625 e. The quantitative estimate of drug-likeness (QED) is 0.573.